The molecular weight excluding hydrogens is 280 g/mol. The first-order valence-electron chi connectivity index (χ1n) is 5.21. The van der Waals surface area contributed by atoms with Crippen LogP contribution in [0, 0.1) is 6.92 Å². The molecule has 0 atom stereocenters. The Balaban J connectivity index is 2.20. The number of carbonyl (C=O) groups excluding carboxylic acids is 1. The van der Waals surface area contributed by atoms with Gasteiger partial charge in [0, 0.05) is 10.5 Å². The van der Waals surface area contributed by atoms with Crippen molar-refractivity contribution in [3.63, 3.8) is 0 Å². The number of aromatic amines is 1. The number of H-pyrrole nitrogens is 1. The Kier molecular flexibility index (Phi) is 3.54. The molecule has 0 aliphatic rings. The third kappa shape index (κ3) is 2.91. The summed E-state index contributed by atoms with van der Waals surface area (Å²) in [5, 5.41) is 2.82. The van der Waals surface area contributed by atoms with E-state index in [0.29, 0.717) is 11.4 Å². The minimum absolute atomic E-state index is 0.140. The summed E-state index contributed by atoms with van der Waals surface area (Å²) in [6, 6.07) is 13.0. The Bertz CT molecular complexity index is 555. The van der Waals surface area contributed by atoms with Crippen LogP contribution in [0.25, 0.3) is 0 Å². The van der Waals surface area contributed by atoms with E-state index in [9.17, 15) is 4.79 Å². The molecule has 17 heavy (non-hydrogen) atoms. The highest BCUT2D eigenvalue weighted by molar-refractivity contribution is 9.10. The lowest BCUT2D eigenvalue weighted by molar-refractivity contribution is -0.370. The summed E-state index contributed by atoms with van der Waals surface area (Å²) in [6.07, 6.45) is 0. The highest BCUT2D eigenvalue weighted by atomic mass is 79.9. The van der Waals surface area contributed by atoms with Crippen LogP contribution in [0.15, 0.2) is 46.9 Å². The van der Waals surface area contributed by atoms with Crippen LogP contribution in [0.4, 0.5) is 5.82 Å². The fourth-order valence-electron chi connectivity index (χ4n) is 1.49. The van der Waals surface area contributed by atoms with Crippen molar-refractivity contribution >= 4 is 27.7 Å². The second-order valence-corrected chi connectivity index (χ2v) is 4.54. The lowest BCUT2D eigenvalue weighted by Gasteiger charge is -2.00. The van der Waals surface area contributed by atoms with E-state index in [-0.39, 0.29) is 5.91 Å². The van der Waals surface area contributed by atoms with Gasteiger partial charge in [-0.05, 0) is 41.1 Å². The lowest BCUT2D eigenvalue weighted by atomic mass is 10.2. The van der Waals surface area contributed by atoms with Gasteiger partial charge in [0.2, 0.25) is 0 Å². The van der Waals surface area contributed by atoms with E-state index >= 15 is 0 Å². The molecule has 0 bridgehead atoms. The van der Waals surface area contributed by atoms with Gasteiger partial charge in [0.15, 0.2) is 0 Å². The van der Waals surface area contributed by atoms with Crippen LogP contribution in [0.3, 0.4) is 0 Å². The Morgan fingerprint density at radius 3 is 2.65 bits per heavy atom. The molecule has 1 heterocycles. The van der Waals surface area contributed by atoms with Gasteiger partial charge in [-0.1, -0.05) is 18.2 Å². The highest BCUT2D eigenvalue weighted by Crippen LogP contribution is 2.16. The quantitative estimate of drug-likeness (QED) is 0.908. The van der Waals surface area contributed by atoms with E-state index in [0.717, 1.165) is 10.2 Å². The van der Waals surface area contributed by atoms with Crippen molar-refractivity contribution in [2.45, 2.75) is 6.92 Å². The molecule has 0 saturated heterocycles. The van der Waals surface area contributed by atoms with Crippen molar-refractivity contribution in [3.8, 4) is 0 Å². The van der Waals surface area contributed by atoms with Crippen LogP contribution >= 0.6 is 15.9 Å². The largest absolute Gasteiger partial charge is 0.340 e. The second-order valence-electron chi connectivity index (χ2n) is 3.68. The van der Waals surface area contributed by atoms with Crippen LogP contribution in [-0.2, 0) is 0 Å². The number of amides is 1. The van der Waals surface area contributed by atoms with Gasteiger partial charge >= 0.3 is 5.91 Å². The minimum Gasteiger partial charge on any atom is -0.245 e. The summed E-state index contributed by atoms with van der Waals surface area (Å²) in [7, 11) is 0. The lowest BCUT2D eigenvalue weighted by Crippen LogP contribution is -2.21. The number of hydrogen-bond acceptors (Lipinski definition) is 1. The summed E-state index contributed by atoms with van der Waals surface area (Å²) >= 11 is 3.35. The predicted octanol–water partition coefficient (Wildman–Crippen LogP) is 2.82. The molecule has 0 radical (unpaired) electrons. The molecule has 2 aromatic rings. The minimum atomic E-state index is -0.140. The summed E-state index contributed by atoms with van der Waals surface area (Å²) < 4.78 is 0.783. The van der Waals surface area contributed by atoms with Gasteiger partial charge in [-0.3, -0.25) is 0 Å². The van der Waals surface area contributed by atoms with E-state index in [4.69, 9.17) is 0 Å². The maximum atomic E-state index is 12.0. The Labute approximate surface area is 108 Å². The predicted molar refractivity (Wildman–Crippen MR) is 69.8 cm³/mol. The molecule has 0 aliphatic heterocycles. The number of hydrogen-bond donors (Lipinski definition) is 1. The SMILES string of the molecule is Cc1cccc(NC(=O)c2ccccc2Br)[nH+]1. The third-order valence-corrected chi connectivity index (χ3v) is 3.00. The number of rotatable bonds is 2. The molecule has 0 unspecified atom stereocenters. The first kappa shape index (κ1) is 11.8. The van der Waals surface area contributed by atoms with Gasteiger partial charge in [0.25, 0.3) is 5.82 Å². The van der Waals surface area contributed by atoms with Crippen molar-refractivity contribution in [2.75, 3.05) is 5.32 Å². The number of aryl methyl sites for hydroxylation is 1. The molecule has 4 heteroatoms. The zero-order chi connectivity index (χ0) is 12.3. The third-order valence-electron chi connectivity index (χ3n) is 2.31. The molecule has 0 spiro atoms. The summed E-state index contributed by atoms with van der Waals surface area (Å²) in [4.78, 5) is 15.1. The van der Waals surface area contributed by atoms with E-state index in [2.05, 4.69) is 26.2 Å². The average Bonchev–Trinajstić information content (AvgIpc) is 2.29. The van der Waals surface area contributed by atoms with E-state index in [1.807, 2.05) is 43.3 Å². The summed E-state index contributed by atoms with van der Waals surface area (Å²) in [6.45, 7) is 1.94. The molecule has 1 aromatic carbocycles. The Hall–Kier alpha value is -1.68. The van der Waals surface area contributed by atoms with Gasteiger partial charge in [0.1, 0.15) is 0 Å². The van der Waals surface area contributed by atoms with Crippen LogP contribution in [0.1, 0.15) is 16.1 Å². The molecular formula is C13H12BrN2O+. The molecule has 0 aliphatic carbocycles. The van der Waals surface area contributed by atoms with Gasteiger partial charge in [0.05, 0.1) is 11.3 Å². The fourth-order valence-corrected chi connectivity index (χ4v) is 1.96. The molecule has 0 fully saturated rings. The number of carbonyl (C=O) groups is 1. The summed E-state index contributed by atoms with van der Waals surface area (Å²) in [5.74, 6) is 0.546. The van der Waals surface area contributed by atoms with Crippen LogP contribution in [-0.4, -0.2) is 5.91 Å². The Morgan fingerprint density at radius 2 is 1.94 bits per heavy atom. The number of aromatic nitrogens is 1. The number of anilines is 1. The zero-order valence-electron chi connectivity index (χ0n) is 9.33. The highest BCUT2D eigenvalue weighted by Gasteiger charge is 2.15. The molecule has 1 amide bonds. The van der Waals surface area contributed by atoms with Crippen molar-refractivity contribution in [1.82, 2.24) is 0 Å². The first-order valence-corrected chi connectivity index (χ1v) is 6.01. The second kappa shape index (κ2) is 5.10. The maximum Gasteiger partial charge on any atom is 0.340 e. The Morgan fingerprint density at radius 1 is 1.18 bits per heavy atom. The summed E-state index contributed by atoms with van der Waals surface area (Å²) in [5.41, 5.74) is 1.61. The zero-order valence-corrected chi connectivity index (χ0v) is 10.9. The maximum absolute atomic E-state index is 12.0. The van der Waals surface area contributed by atoms with E-state index in [1.54, 1.807) is 6.07 Å². The van der Waals surface area contributed by atoms with Crippen molar-refractivity contribution in [3.05, 3.63) is 58.2 Å². The van der Waals surface area contributed by atoms with Crippen LogP contribution < -0.4 is 10.3 Å². The monoisotopic (exact) mass is 291 g/mol. The topological polar surface area (TPSA) is 43.2 Å². The van der Waals surface area contributed by atoms with Crippen LogP contribution in [0.2, 0.25) is 0 Å². The molecule has 86 valence electrons. The smallest absolute Gasteiger partial charge is 0.245 e. The standard InChI is InChI=1S/C13H11BrN2O/c1-9-5-4-8-12(15-9)16-13(17)10-6-2-3-7-11(10)14/h2-8H,1H3,(H,15,16,17)/p+1. The number of nitrogens with one attached hydrogen (secondary N) is 2. The average molecular weight is 292 g/mol. The molecule has 3 nitrogen and oxygen atoms in total. The number of halogens is 1. The van der Waals surface area contributed by atoms with Gasteiger partial charge in [-0.25, -0.2) is 15.1 Å². The van der Waals surface area contributed by atoms with E-state index < -0.39 is 0 Å². The molecule has 1 aromatic heterocycles. The van der Waals surface area contributed by atoms with E-state index in [1.165, 1.54) is 0 Å². The molecule has 2 N–H and O–H groups in total. The van der Waals surface area contributed by atoms with Crippen molar-refractivity contribution < 1.29 is 9.78 Å². The van der Waals surface area contributed by atoms with Gasteiger partial charge in [-0.2, -0.15) is 0 Å². The van der Waals surface area contributed by atoms with Gasteiger partial charge < -0.3 is 0 Å². The van der Waals surface area contributed by atoms with Gasteiger partial charge in [-0.15, -0.1) is 0 Å². The number of pyridine rings is 1. The molecule has 2 rings (SSSR count). The van der Waals surface area contributed by atoms with Crippen molar-refractivity contribution in [2.24, 2.45) is 0 Å². The van der Waals surface area contributed by atoms with Crippen LogP contribution in [0.5, 0.6) is 0 Å². The normalized spacial score (nSPS) is 10.0. The first-order chi connectivity index (χ1) is 8.16. The van der Waals surface area contributed by atoms with Crippen molar-refractivity contribution in [1.29, 1.82) is 0 Å². The molecule has 0 saturated carbocycles. The number of benzene rings is 1. The fraction of sp³-hybridized carbons (Fsp3) is 0.0769.